The maximum Gasteiger partial charge on any atom is 0.413 e. The number of nitrogens with one attached hydrogen (secondary N) is 1. The fourth-order valence-corrected chi connectivity index (χ4v) is 6.10. The van der Waals surface area contributed by atoms with Crippen LogP contribution in [0.25, 0.3) is 21.1 Å². The first-order chi connectivity index (χ1) is 19.0. The standard InChI is InChI=1S/C29H37Cl2N5O4S/c1-15(2)32-23-13-18(10-16(3)33-23)25-34-35-26(41-25)19-11-20(30)24(21(31)12-19)38-14-22-17(4)39-29(8,9)36(22)27(37)40-28(5,6)7/h10-13,15,17,22H,14H2,1-9H3,(H,32,33)/t17-,22+/m1/s1. The maximum absolute atomic E-state index is 13.1. The number of hydrogen-bond acceptors (Lipinski definition) is 9. The Hall–Kier alpha value is -2.66. The van der Waals surface area contributed by atoms with E-state index in [1.807, 2.05) is 60.6 Å². The summed E-state index contributed by atoms with van der Waals surface area (Å²) in [5, 5.41) is 14.2. The minimum absolute atomic E-state index is 0.111. The Kier molecular flexibility index (Phi) is 9.09. The van der Waals surface area contributed by atoms with E-state index in [0.29, 0.717) is 20.8 Å². The van der Waals surface area contributed by atoms with Gasteiger partial charge in [0.25, 0.3) is 0 Å². The van der Waals surface area contributed by atoms with Gasteiger partial charge >= 0.3 is 6.09 Å². The van der Waals surface area contributed by atoms with Crippen molar-refractivity contribution < 1.29 is 19.0 Å². The Morgan fingerprint density at radius 3 is 2.27 bits per heavy atom. The highest BCUT2D eigenvalue weighted by atomic mass is 35.5. The minimum atomic E-state index is -0.873. The molecule has 1 fully saturated rings. The SMILES string of the molecule is Cc1cc(-c2nnc(-c3cc(Cl)c(OC[C@H]4[C@@H](C)OC(C)(C)N4C(=O)OC(C)(C)C)c(Cl)c3)s2)cc(NC(C)C)n1. The fourth-order valence-electron chi connectivity index (χ4n) is 4.68. The summed E-state index contributed by atoms with van der Waals surface area (Å²) in [6.45, 7) is 17.2. The van der Waals surface area contributed by atoms with Gasteiger partial charge in [-0.05, 0) is 86.6 Å². The van der Waals surface area contributed by atoms with Gasteiger partial charge in [-0.15, -0.1) is 10.2 Å². The van der Waals surface area contributed by atoms with E-state index in [4.69, 9.17) is 37.4 Å². The summed E-state index contributed by atoms with van der Waals surface area (Å²) >= 11 is 14.7. The number of amides is 1. The fraction of sp³-hybridized carbons (Fsp3) is 0.517. The third kappa shape index (κ3) is 7.41. The summed E-state index contributed by atoms with van der Waals surface area (Å²) in [4.78, 5) is 19.2. The first-order valence-electron chi connectivity index (χ1n) is 13.5. The molecular weight excluding hydrogens is 585 g/mol. The van der Waals surface area contributed by atoms with Crippen LogP contribution < -0.4 is 10.1 Å². The van der Waals surface area contributed by atoms with Crippen LogP contribution in [-0.2, 0) is 9.47 Å². The summed E-state index contributed by atoms with van der Waals surface area (Å²) in [6.07, 6.45) is -0.779. The molecular formula is C29H37Cl2N5O4S. The van der Waals surface area contributed by atoms with Crippen molar-refractivity contribution in [3.05, 3.63) is 40.0 Å². The lowest BCUT2D eigenvalue weighted by Crippen LogP contribution is -2.52. The van der Waals surface area contributed by atoms with Gasteiger partial charge in [0.2, 0.25) is 0 Å². The van der Waals surface area contributed by atoms with E-state index in [2.05, 4.69) is 34.3 Å². The van der Waals surface area contributed by atoms with E-state index in [1.165, 1.54) is 11.3 Å². The highest BCUT2D eigenvalue weighted by molar-refractivity contribution is 7.17. The molecule has 1 aromatic carbocycles. The molecule has 0 unspecified atom stereocenters. The lowest BCUT2D eigenvalue weighted by Gasteiger charge is -2.35. The normalized spacial score (nSPS) is 18.6. The van der Waals surface area contributed by atoms with Gasteiger partial charge in [-0.1, -0.05) is 34.5 Å². The van der Waals surface area contributed by atoms with Crippen LogP contribution in [0.2, 0.25) is 10.0 Å². The van der Waals surface area contributed by atoms with Crippen LogP contribution in [-0.4, -0.2) is 62.3 Å². The van der Waals surface area contributed by atoms with Crippen molar-refractivity contribution in [1.29, 1.82) is 0 Å². The number of ether oxygens (including phenoxy) is 3. The summed E-state index contributed by atoms with van der Waals surface area (Å²) in [5.74, 6) is 1.10. The van der Waals surface area contributed by atoms with Crippen LogP contribution in [0.3, 0.4) is 0 Å². The monoisotopic (exact) mass is 621 g/mol. The maximum atomic E-state index is 13.1. The number of benzene rings is 1. The van der Waals surface area contributed by atoms with E-state index in [-0.39, 0.29) is 18.8 Å². The van der Waals surface area contributed by atoms with Crippen LogP contribution in [0.1, 0.15) is 61.1 Å². The molecule has 2 aromatic heterocycles. The highest BCUT2D eigenvalue weighted by Crippen LogP contribution is 2.41. The minimum Gasteiger partial charge on any atom is -0.488 e. The molecule has 0 bridgehead atoms. The van der Waals surface area contributed by atoms with Crippen LogP contribution in [0.15, 0.2) is 24.3 Å². The van der Waals surface area contributed by atoms with E-state index >= 15 is 0 Å². The van der Waals surface area contributed by atoms with Crippen molar-refractivity contribution in [2.24, 2.45) is 0 Å². The Morgan fingerprint density at radius 2 is 1.71 bits per heavy atom. The zero-order chi connectivity index (χ0) is 30.3. The molecule has 3 heterocycles. The number of nitrogens with zero attached hydrogens (tertiary/aromatic N) is 4. The summed E-state index contributed by atoms with van der Waals surface area (Å²) in [6, 6.07) is 7.27. The number of halogens is 2. The van der Waals surface area contributed by atoms with Crippen molar-refractivity contribution >= 4 is 46.4 Å². The molecule has 2 atom stereocenters. The van der Waals surface area contributed by atoms with Crippen LogP contribution in [0.5, 0.6) is 5.75 Å². The second kappa shape index (κ2) is 11.9. The second-order valence-corrected chi connectivity index (χ2v) is 13.7. The Bertz CT molecular complexity index is 1400. The number of anilines is 1. The number of pyridine rings is 1. The van der Waals surface area contributed by atoms with Crippen molar-refractivity contribution in [2.45, 2.75) is 91.8 Å². The zero-order valence-electron chi connectivity index (χ0n) is 24.8. The molecule has 222 valence electrons. The number of aromatic nitrogens is 3. The number of rotatable bonds is 7. The van der Waals surface area contributed by atoms with Crippen molar-refractivity contribution in [3.8, 4) is 26.9 Å². The molecule has 1 amide bonds. The average Bonchev–Trinajstić information content (AvgIpc) is 3.38. The van der Waals surface area contributed by atoms with Gasteiger partial charge in [0.05, 0.1) is 22.2 Å². The average molecular weight is 623 g/mol. The van der Waals surface area contributed by atoms with Gasteiger partial charge in [0.1, 0.15) is 33.8 Å². The molecule has 12 heteroatoms. The van der Waals surface area contributed by atoms with E-state index in [9.17, 15) is 4.79 Å². The molecule has 3 aromatic rings. The van der Waals surface area contributed by atoms with Crippen LogP contribution in [0, 0.1) is 6.92 Å². The smallest absolute Gasteiger partial charge is 0.413 e. The van der Waals surface area contributed by atoms with E-state index in [1.54, 1.807) is 17.0 Å². The lowest BCUT2D eigenvalue weighted by atomic mass is 10.1. The molecule has 1 aliphatic rings. The quantitative estimate of drug-likeness (QED) is 0.285. The Morgan fingerprint density at radius 1 is 1.12 bits per heavy atom. The third-order valence-electron chi connectivity index (χ3n) is 6.22. The first-order valence-corrected chi connectivity index (χ1v) is 15.0. The molecule has 4 rings (SSSR count). The topological polar surface area (TPSA) is 98.7 Å². The van der Waals surface area contributed by atoms with E-state index in [0.717, 1.165) is 27.6 Å². The van der Waals surface area contributed by atoms with Gasteiger partial charge < -0.3 is 19.5 Å². The molecule has 0 aliphatic carbocycles. The van der Waals surface area contributed by atoms with Crippen molar-refractivity contribution in [3.63, 3.8) is 0 Å². The third-order valence-corrected chi connectivity index (χ3v) is 7.81. The Labute approximate surface area is 255 Å². The van der Waals surface area contributed by atoms with Crippen LogP contribution in [0.4, 0.5) is 10.6 Å². The zero-order valence-corrected chi connectivity index (χ0v) is 27.2. The summed E-state index contributed by atoms with van der Waals surface area (Å²) in [5.41, 5.74) is 0.997. The summed E-state index contributed by atoms with van der Waals surface area (Å²) < 4.78 is 17.8. The van der Waals surface area contributed by atoms with E-state index < -0.39 is 23.5 Å². The van der Waals surface area contributed by atoms with Crippen LogP contribution >= 0.6 is 34.5 Å². The molecule has 41 heavy (non-hydrogen) atoms. The molecule has 9 nitrogen and oxygen atoms in total. The van der Waals surface area contributed by atoms with Crippen molar-refractivity contribution in [2.75, 3.05) is 11.9 Å². The molecule has 1 aliphatic heterocycles. The molecule has 1 N–H and O–H groups in total. The first kappa shape index (κ1) is 31.3. The predicted molar refractivity (Wildman–Crippen MR) is 164 cm³/mol. The van der Waals surface area contributed by atoms with Gasteiger partial charge in [0, 0.05) is 22.9 Å². The predicted octanol–water partition coefficient (Wildman–Crippen LogP) is 7.84. The number of aryl methyl sites for hydroxylation is 1. The van der Waals surface area contributed by atoms with Gasteiger partial charge in [-0.3, -0.25) is 4.90 Å². The molecule has 0 saturated carbocycles. The molecule has 0 radical (unpaired) electrons. The molecule has 0 spiro atoms. The largest absolute Gasteiger partial charge is 0.488 e. The summed E-state index contributed by atoms with van der Waals surface area (Å²) in [7, 11) is 0. The second-order valence-electron chi connectivity index (χ2n) is 11.9. The molecule has 1 saturated heterocycles. The lowest BCUT2D eigenvalue weighted by molar-refractivity contribution is -0.0760. The number of hydrogen-bond donors (Lipinski definition) is 1. The van der Waals surface area contributed by atoms with Gasteiger partial charge in [-0.25, -0.2) is 9.78 Å². The van der Waals surface area contributed by atoms with Crippen molar-refractivity contribution in [1.82, 2.24) is 20.1 Å². The number of carbonyl (C=O) groups is 1. The highest BCUT2D eigenvalue weighted by Gasteiger charge is 2.50. The van der Waals surface area contributed by atoms with Gasteiger partial charge in [0.15, 0.2) is 5.75 Å². The number of carbonyl (C=O) groups excluding carboxylic acids is 1. The van der Waals surface area contributed by atoms with Gasteiger partial charge in [-0.2, -0.15) is 0 Å². The Balaban J connectivity index is 1.53.